The van der Waals surface area contributed by atoms with Crippen LogP contribution in [0.25, 0.3) is 0 Å². The fourth-order valence-corrected chi connectivity index (χ4v) is 2.40. The lowest BCUT2D eigenvalue weighted by molar-refractivity contribution is -0.151. The summed E-state index contributed by atoms with van der Waals surface area (Å²) < 4.78 is 10.1. The molecule has 19 heavy (non-hydrogen) atoms. The average Bonchev–Trinajstić information content (AvgIpc) is 2.61. The Balaban J connectivity index is 3.27. The molecule has 1 rings (SSSR count). The molecule has 0 aliphatic carbocycles. The van der Waals surface area contributed by atoms with Gasteiger partial charge in [-0.25, -0.2) is 9.59 Å². The number of methoxy groups -OCH3 is 2. The molecular weight excluding hydrogens is 365 g/mol. The van der Waals surface area contributed by atoms with Gasteiger partial charge in [0.2, 0.25) is 0 Å². The molecule has 0 aromatic carbocycles. The van der Waals surface area contributed by atoms with E-state index in [-0.39, 0.29) is 20.3 Å². The molecule has 0 N–H and O–H groups in total. The average molecular weight is 373 g/mol. The number of ether oxygens (including phenoxy) is 2. The minimum absolute atomic E-state index is 0.0414. The highest BCUT2D eigenvalue weighted by Crippen LogP contribution is 2.36. The molecule has 1 aromatic heterocycles. The predicted octanol–water partition coefficient (Wildman–Crippen LogP) is 2.09. The minimum Gasteiger partial charge on any atom is -0.464 e. The molecule has 1 heterocycles. The Morgan fingerprint density at radius 1 is 1.21 bits per heavy atom. The van der Waals surface area contributed by atoms with Gasteiger partial charge in [0.15, 0.2) is 0 Å². The Labute approximate surface area is 126 Å². The van der Waals surface area contributed by atoms with Gasteiger partial charge in [-0.05, 0) is 15.9 Å². The highest BCUT2D eigenvalue weighted by Gasteiger charge is 2.27. The van der Waals surface area contributed by atoms with Crippen molar-refractivity contribution in [3.63, 3.8) is 0 Å². The molecule has 0 unspecified atom stereocenters. The Kier molecular flexibility index (Phi) is 5.39. The van der Waals surface area contributed by atoms with E-state index in [1.54, 1.807) is 0 Å². The van der Waals surface area contributed by atoms with E-state index in [0.29, 0.717) is 0 Å². The first-order valence-electron chi connectivity index (χ1n) is 4.77. The van der Waals surface area contributed by atoms with E-state index in [0.717, 1.165) is 18.8 Å². The third-order valence-electron chi connectivity index (χ3n) is 2.18. The summed E-state index contributed by atoms with van der Waals surface area (Å²) in [6.45, 7) is -0.485. The summed E-state index contributed by atoms with van der Waals surface area (Å²) in [6.07, 6.45) is 0. The standard InChI is InChI=1S/C10H8BrCl2NO5/c1-18-9(16)4(15)3-14-7(10(17)19-2)5(11)6(12)8(14)13/h3H2,1-2H3. The summed E-state index contributed by atoms with van der Waals surface area (Å²) in [5.74, 6) is -2.68. The first-order valence-corrected chi connectivity index (χ1v) is 6.32. The quantitative estimate of drug-likeness (QED) is 0.597. The molecule has 0 amide bonds. The molecule has 0 fully saturated rings. The van der Waals surface area contributed by atoms with Gasteiger partial charge in [0, 0.05) is 0 Å². The normalized spacial score (nSPS) is 10.2. The fraction of sp³-hybridized carbons (Fsp3) is 0.300. The zero-order valence-corrected chi connectivity index (χ0v) is 12.9. The molecule has 0 bridgehead atoms. The lowest BCUT2D eigenvalue weighted by Gasteiger charge is -2.07. The number of hydrogen-bond donors (Lipinski definition) is 0. The smallest absolute Gasteiger partial charge is 0.376 e. The van der Waals surface area contributed by atoms with E-state index in [9.17, 15) is 14.4 Å². The van der Waals surface area contributed by atoms with E-state index in [4.69, 9.17) is 23.2 Å². The van der Waals surface area contributed by atoms with Crippen LogP contribution in [0.1, 0.15) is 10.5 Å². The molecule has 0 saturated heterocycles. The van der Waals surface area contributed by atoms with E-state index in [1.165, 1.54) is 0 Å². The summed E-state index contributed by atoms with van der Waals surface area (Å²) in [5, 5.41) is -0.0223. The van der Waals surface area contributed by atoms with Crippen molar-refractivity contribution in [2.45, 2.75) is 6.54 Å². The first kappa shape index (κ1) is 16.0. The lowest BCUT2D eigenvalue weighted by atomic mass is 10.3. The van der Waals surface area contributed by atoms with Gasteiger partial charge in [0.1, 0.15) is 10.8 Å². The maximum Gasteiger partial charge on any atom is 0.376 e. The zero-order chi connectivity index (χ0) is 14.7. The second-order valence-corrected chi connectivity index (χ2v) is 4.79. The highest BCUT2D eigenvalue weighted by molar-refractivity contribution is 9.10. The molecular formula is C10H8BrCl2NO5. The van der Waals surface area contributed by atoms with E-state index < -0.39 is 24.3 Å². The SMILES string of the molecule is COC(=O)C(=O)Cn1c(Cl)c(Cl)c(Br)c1C(=O)OC. The number of carbonyl (C=O) groups excluding carboxylic acids is 3. The molecule has 9 heteroatoms. The topological polar surface area (TPSA) is 74.6 Å². The largest absolute Gasteiger partial charge is 0.464 e. The van der Waals surface area contributed by atoms with Gasteiger partial charge in [-0.2, -0.15) is 0 Å². The van der Waals surface area contributed by atoms with E-state index in [2.05, 4.69) is 25.4 Å². The van der Waals surface area contributed by atoms with Crippen LogP contribution >= 0.6 is 39.1 Å². The van der Waals surface area contributed by atoms with Crippen LogP contribution < -0.4 is 0 Å². The summed E-state index contributed by atoms with van der Waals surface area (Å²) in [4.78, 5) is 34.2. The van der Waals surface area contributed by atoms with Crippen LogP contribution in [0.2, 0.25) is 10.2 Å². The number of carbonyl (C=O) groups is 3. The fourth-order valence-electron chi connectivity index (χ4n) is 1.30. The number of aromatic nitrogens is 1. The van der Waals surface area contributed by atoms with Crippen molar-refractivity contribution in [3.8, 4) is 0 Å². The first-order chi connectivity index (χ1) is 8.84. The Morgan fingerprint density at radius 2 is 1.79 bits per heavy atom. The second-order valence-electron chi connectivity index (χ2n) is 3.26. The van der Waals surface area contributed by atoms with Crippen LogP contribution in [0.5, 0.6) is 0 Å². The summed E-state index contributed by atoms with van der Waals surface area (Å²) in [6, 6.07) is 0. The van der Waals surface area contributed by atoms with Gasteiger partial charge in [-0.1, -0.05) is 23.2 Å². The van der Waals surface area contributed by atoms with Crippen LogP contribution in [0.3, 0.4) is 0 Å². The number of esters is 2. The number of nitrogens with zero attached hydrogens (tertiary/aromatic N) is 1. The number of ketones is 1. The molecule has 0 radical (unpaired) electrons. The molecule has 6 nitrogen and oxygen atoms in total. The Morgan fingerprint density at radius 3 is 2.26 bits per heavy atom. The van der Waals surface area contributed by atoms with Crippen LogP contribution in [-0.2, 0) is 25.6 Å². The van der Waals surface area contributed by atoms with Gasteiger partial charge >= 0.3 is 11.9 Å². The van der Waals surface area contributed by atoms with Crippen molar-refractivity contribution < 1.29 is 23.9 Å². The third-order valence-corrected chi connectivity index (χ3v) is 4.04. The molecule has 0 saturated carbocycles. The van der Waals surface area contributed by atoms with Crippen molar-refractivity contribution >= 4 is 56.9 Å². The van der Waals surface area contributed by atoms with Gasteiger partial charge in [0.25, 0.3) is 5.78 Å². The van der Waals surface area contributed by atoms with Crippen molar-refractivity contribution in [2.75, 3.05) is 14.2 Å². The van der Waals surface area contributed by atoms with Crippen molar-refractivity contribution in [1.29, 1.82) is 0 Å². The highest BCUT2D eigenvalue weighted by atomic mass is 79.9. The molecule has 0 atom stereocenters. The number of halogens is 3. The summed E-state index contributed by atoms with van der Waals surface area (Å²) >= 11 is 14.8. The molecule has 1 aromatic rings. The second kappa shape index (κ2) is 6.40. The monoisotopic (exact) mass is 371 g/mol. The van der Waals surface area contributed by atoms with Crippen LogP contribution in [0, 0.1) is 0 Å². The van der Waals surface area contributed by atoms with Crippen molar-refractivity contribution in [2.24, 2.45) is 0 Å². The Hall–Kier alpha value is -1.05. The van der Waals surface area contributed by atoms with Crippen LogP contribution in [0.4, 0.5) is 0 Å². The Bertz CT molecular complexity index is 555. The van der Waals surface area contributed by atoms with Gasteiger partial charge in [-0.15, -0.1) is 0 Å². The minimum atomic E-state index is -1.05. The third kappa shape index (κ3) is 3.10. The lowest BCUT2D eigenvalue weighted by Crippen LogP contribution is -2.23. The number of hydrogen-bond acceptors (Lipinski definition) is 5. The summed E-state index contributed by atoms with van der Waals surface area (Å²) in [7, 11) is 2.23. The maximum absolute atomic E-state index is 11.6. The van der Waals surface area contributed by atoms with Gasteiger partial charge in [0.05, 0.1) is 30.3 Å². The van der Waals surface area contributed by atoms with Crippen LogP contribution in [-0.4, -0.2) is 36.5 Å². The molecule has 0 aliphatic heterocycles. The van der Waals surface area contributed by atoms with Crippen molar-refractivity contribution in [1.82, 2.24) is 4.57 Å². The zero-order valence-electron chi connectivity index (χ0n) is 9.83. The number of Topliss-reactive ketones (excluding diaryl/α,β-unsaturated/α-hetero) is 1. The molecule has 0 aliphatic rings. The maximum atomic E-state index is 11.6. The predicted molar refractivity (Wildman–Crippen MR) is 70.5 cm³/mol. The van der Waals surface area contributed by atoms with E-state index in [1.807, 2.05) is 0 Å². The van der Waals surface area contributed by atoms with Crippen LogP contribution in [0.15, 0.2) is 4.47 Å². The van der Waals surface area contributed by atoms with Gasteiger partial charge in [-0.3, -0.25) is 4.79 Å². The van der Waals surface area contributed by atoms with Gasteiger partial charge < -0.3 is 14.0 Å². The number of rotatable bonds is 4. The van der Waals surface area contributed by atoms with E-state index >= 15 is 0 Å². The van der Waals surface area contributed by atoms with Crippen molar-refractivity contribution in [3.05, 3.63) is 20.3 Å². The molecule has 0 spiro atoms. The summed E-state index contributed by atoms with van der Waals surface area (Å²) in [5.41, 5.74) is -0.0604. The molecule has 104 valence electrons.